The lowest BCUT2D eigenvalue weighted by atomic mass is 9.95. The van der Waals surface area contributed by atoms with Crippen LogP contribution in [0.1, 0.15) is 35.3 Å². The third-order valence-corrected chi connectivity index (χ3v) is 6.61. The van der Waals surface area contributed by atoms with Crippen molar-refractivity contribution >= 4 is 0 Å². The molecule has 0 aliphatic carbocycles. The fourth-order valence-corrected chi connectivity index (χ4v) is 4.70. The summed E-state index contributed by atoms with van der Waals surface area (Å²) in [5.41, 5.74) is 3.01. The first-order chi connectivity index (χ1) is 16.0. The second kappa shape index (κ2) is 10.2. The summed E-state index contributed by atoms with van der Waals surface area (Å²) in [7, 11) is 1.64. The highest BCUT2D eigenvalue weighted by molar-refractivity contribution is 5.43. The lowest BCUT2D eigenvalue weighted by Crippen LogP contribution is -2.48. The molecule has 6 nitrogen and oxygen atoms in total. The van der Waals surface area contributed by atoms with Crippen molar-refractivity contribution in [2.75, 3.05) is 39.8 Å². The summed E-state index contributed by atoms with van der Waals surface area (Å²) in [6.07, 6.45) is 0. The minimum atomic E-state index is -0.353. The Balaban J connectivity index is 1.82. The Bertz CT molecular complexity index is 1140. The summed E-state index contributed by atoms with van der Waals surface area (Å²) in [6.45, 7) is 9.02. The molecule has 0 bridgehead atoms. The number of aryl methyl sites for hydroxylation is 1. The highest BCUT2D eigenvalue weighted by Gasteiger charge is 2.31. The lowest BCUT2D eigenvalue weighted by Gasteiger charge is -2.39. The van der Waals surface area contributed by atoms with Crippen LogP contribution in [0.25, 0.3) is 0 Å². The van der Waals surface area contributed by atoms with Crippen molar-refractivity contribution in [2.45, 2.75) is 26.4 Å². The van der Waals surface area contributed by atoms with Gasteiger partial charge in [-0.15, -0.1) is 0 Å². The fourth-order valence-electron chi connectivity index (χ4n) is 4.70. The first kappa shape index (κ1) is 23.1. The van der Waals surface area contributed by atoms with Crippen LogP contribution in [0.5, 0.6) is 11.5 Å². The van der Waals surface area contributed by atoms with Crippen LogP contribution in [-0.4, -0.2) is 59.3 Å². The molecule has 2 aromatic carbocycles. The Labute approximate surface area is 195 Å². The van der Waals surface area contributed by atoms with Crippen molar-refractivity contribution in [3.8, 4) is 11.5 Å². The normalized spacial score (nSPS) is 16.0. The molecule has 2 heterocycles. The van der Waals surface area contributed by atoms with E-state index in [-0.39, 0.29) is 17.4 Å². The number of benzene rings is 2. The average Bonchev–Trinajstić information content (AvgIpc) is 2.85. The van der Waals surface area contributed by atoms with E-state index in [4.69, 9.17) is 4.74 Å². The first-order valence-electron chi connectivity index (χ1n) is 11.6. The number of piperazine rings is 1. The number of aromatic nitrogens is 1. The topological polar surface area (TPSA) is 57.9 Å². The van der Waals surface area contributed by atoms with Crippen molar-refractivity contribution < 1.29 is 9.84 Å². The summed E-state index contributed by atoms with van der Waals surface area (Å²) in [4.78, 5) is 18.6. The second-order valence-corrected chi connectivity index (χ2v) is 8.61. The van der Waals surface area contributed by atoms with E-state index < -0.39 is 0 Å². The van der Waals surface area contributed by atoms with E-state index in [2.05, 4.69) is 16.7 Å². The number of likely N-dealkylation sites (N-methyl/N-ethyl adjacent to an activating group) is 1. The second-order valence-electron chi connectivity index (χ2n) is 8.61. The largest absolute Gasteiger partial charge is 0.507 e. The van der Waals surface area contributed by atoms with Gasteiger partial charge in [-0.25, -0.2) is 0 Å². The molecular weight excluding hydrogens is 414 g/mol. The maximum Gasteiger partial charge on any atom is 0.259 e. The molecule has 1 N–H and O–H groups in total. The van der Waals surface area contributed by atoms with Crippen molar-refractivity contribution in [1.29, 1.82) is 0 Å². The first-order valence-corrected chi connectivity index (χ1v) is 11.6. The van der Waals surface area contributed by atoms with E-state index in [0.717, 1.165) is 55.3 Å². The van der Waals surface area contributed by atoms with Crippen LogP contribution in [0.2, 0.25) is 0 Å². The number of nitrogens with zero attached hydrogens (tertiary/aromatic N) is 3. The monoisotopic (exact) mass is 447 g/mol. The van der Waals surface area contributed by atoms with Crippen molar-refractivity contribution in [1.82, 2.24) is 14.4 Å². The van der Waals surface area contributed by atoms with Crippen molar-refractivity contribution in [2.24, 2.45) is 0 Å². The van der Waals surface area contributed by atoms with Crippen LogP contribution >= 0.6 is 0 Å². The molecule has 1 aromatic heterocycles. The molecule has 1 saturated heterocycles. The fraction of sp³-hybridized carbons (Fsp3) is 0.370. The molecule has 33 heavy (non-hydrogen) atoms. The molecule has 0 radical (unpaired) electrons. The van der Waals surface area contributed by atoms with Crippen LogP contribution in [0, 0.1) is 6.92 Å². The third-order valence-electron chi connectivity index (χ3n) is 6.61. The van der Waals surface area contributed by atoms with Gasteiger partial charge < -0.3 is 19.3 Å². The predicted molar refractivity (Wildman–Crippen MR) is 131 cm³/mol. The lowest BCUT2D eigenvalue weighted by molar-refractivity contribution is 0.111. The maximum atomic E-state index is 13.9. The number of ether oxygens (including phenoxy) is 1. The number of hydrogen-bond donors (Lipinski definition) is 1. The summed E-state index contributed by atoms with van der Waals surface area (Å²) in [5.74, 6) is 0.786. The van der Waals surface area contributed by atoms with Crippen LogP contribution in [0.4, 0.5) is 0 Å². The predicted octanol–water partition coefficient (Wildman–Crippen LogP) is 3.65. The Morgan fingerprint density at radius 3 is 2.39 bits per heavy atom. The summed E-state index contributed by atoms with van der Waals surface area (Å²) in [6, 6.07) is 19.1. The Kier molecular flexibility index (Phi) is 7.16. The molecule has 1 atom stereocenters. The highest BCUT2D eigenvalue weighted by atomic mass is 16.5. The van der Waals surface area contributed by atoms with Gasteiger partial charge in [-0.3, -0.25) is 9.69 Å². The summed E-state index contributed by atoms with van der Waals surface area (Å²) >= 11 is 0. The highest BCUT2D eigenvalue weighted by Crippen LogP contribution is 2.34. The molecular formula is C27H33N3O3. The molecule has 174 valence electrons. The minimum Gasteiger partial charge on any atom is -0.507 e. The van der Waals surface area contributed by atoms with Crippen LogP contribution in [0.15, 0.2) is 65.5 Å². The zero-order valence-electron chi connectivity index (χ0n) is 19.7. The summed E-state index contributed by atoms with van der Waals surface area (Å²) < 4.78 is 7.24. The van der Waals surface area contributed by atoms with Gasteiger partial charge in [-0.1, -0.05) is 49.4 Å². The number of pyridine rings is 1. The standard InChI is InChI=1S/C27H33N3O3/c1-4-28-13-15-29(16-14-28)26(22-11-8-12-23(18-22)33-3)25-24(31)17-20(2)30(27(25)32)19-21-9-6-5-7-10-21/h5-12,17-18,26,31H,4,13-16,19H2,1-3H3. The Hall–Kier alpha value is -3.09. The molecule has 4 rings (SSSR count). The Morgan fingerprint density at radius 2 is 1.73 bits per heavy atom. The molecule has 1 aliphatic heterocycles. The van der Waals surface area contributed by atoms with E-state index >= 15 is 0 Å². The molecule has 6 heteroatoms. The molecule has 1 fully saturated rings. The van der Waals surface area contributed by atoms with Gasteiger partial charge in [-0.05, 0) is 42.8 Å². The van der Waals surface area contributed by atoms with Crippen LogP contribution < -0.4 is 10.3 Å². The third kappa shape index (κ3) is 4.97. The molecule has 0 spiro atoms. The number of aromatic hydroxyl groups is 1. The Morgan fingerprint density at radius 1 is 1.00 bits per heavy atom. The van der Waals surface area contributed by atoms with E-state index in [0.29, 0.717) is 12.1 Å². The minimum absolute atomic E-state index is 0.0487. The van der Waals surface area contributed by atoms with Gasteiger partial charge in [0.15, 0.2) is 0 Å². The number of hydrogen-bond acceptors (Lipinski definition) is 5. The van der Waals surface area contributed by atoms with E-state index in [1.807, 2.05) is 61.5 Å². The molecule has 1 aliphatic rings. The van der Waals surface area contributed by atoms with Crippen LogP contribution in [0.3, 0.4) is 0 Å². The van der Waals surface area contributed by atoms with Crippen molar-refractivity contribution in [3.63, 3.8) is 0 Å². The van der Waals surface area contributed by atoms with Crippen molar-refractivity contribution in [3.05, 3.63) is 93.4 Å². The average molecular weight is 448 g/mol. The van der Waals surface area contributed by atoms with Gasteiger partial charge in [0.25, 0.3) is 5.56 Å². The van der Waals surface area contributed by atoms with E-state index in [1.54, 1.807) is 17.7 Å². The van der Waals surface area contributed by atoms with Crippen LogP contribution in [-0.2, 0) is 6.54 Å². The SMILES string of the molecule is CCN1CCN(C(c2cccc(OC)c2)c2c(O)cc(C)n(Cc3ccccc3)c2=O)CC1. The molecule has 3 aromatic rings. The van der Waals surface area contributed by atoms with Gasteiger partial charge in [0.2, 0.25) is 0 Å². The van der Waals surface area contributed by atoms with Gasteiger partial charge >= 0.3 is 0 Å². The maximum absolute atomic E-state index is 13.9. The van der Waals surface area contributed by atoms with Gasteiger partial charge in [0.05, 0.1) is 25.3 Å². The summed E-state index contributed by atoms with van der Waals surface area (Å²) in [5, 5.41) is 11.1. The molecule has 0 saturated carbocycles. The number of methoxy groups -OCH3 is 1. The zero-order chi connectivity index (χ0) is 23.4. The quantitative estimate of drug-likeness (QED) is 0.599. The molecule has 0 amide bonds. The van der Waals surface area contributed by atoms with Gasteiger partial charge in [0, 0.05) is 31.9 Å². The van der Waals surface area contributed by atoms with Gasteiger partial charge in [0.1, 0.15) is 11.5 Å². The smallest absolute Gasteiger partial charge is 0.259 e. The van der Waals surface area contributed by atoms with E-state index in [1.165, 1.54) is 0 Å². The zero-order valence-corrected chi connectivity index (χ0v) is 19.7. The molecule has 1 unspecified atom stereocenters. The van der Waals surface area contributed by atoms with Gasteiger partial charge in [-0.2, -0.15) is 0 Å². The van der Waals surface area contributed by atoms with E-state index in [9.17, 15) is 9.90 Å². The number of rotatable bonds is 7.